The Morgan fingerprint density at radius 2 is 2.22 bits per heavy atom. The van der Waals surface area contributed by atoms with Crippen molar-refractivity contribution in [3.8, 4) is 0 Å². The monoisotopic (exact) mass is 337 g/mol. The Balaban J connectivity index is 1.66. The van der Waals surface area contributed by atoms with Gasteiger partial charge in [-0.1, -0.05) is 22.9 Å². The minimum absolute atomic E-state index is 0.174. The summed E-state index contributed by atoms with van der Waals surface area (Å²) in [6, 6.07) is 5.34. The summed E-state index contributed by atoms with van der Waals surface area (Å²) in [7, 11) is 3.97. The van der Waals surface area contributed by atoms with Crippen LogP contribution in [0.4, 0.5) is 4.39 Å². The number of likely N-dealkylation sites (tertiary alicyclic amines) is 1. The van der Waals surface area contributed by atoms with Gasteiger partial charge in [0.25, 0.3) is 0 Å². The summed E-state index contributed by atoms with van der Waals surface area (Å²) in [6.07, 6.45) is 2.85. The van der Waals surface area contributed by atoms with E-state index in [4.69, 9.17) is 11.6 Å². The van der Waals surface area contributed by atoms with Gasteiger partial charge in [0.1, 0.15) is 5.82 Å². The van der Waals surface area contributed by atoms with Crippen LogP contribution in [0.5, 0.6) is 0 Å². The van der Waals surface area contributed by atoms with Crippen molar-refractivity contribution in [3.63, 3.8) is 0 Å². The molecule has 0 saturated carbocycles. The minimum Gasteiger partial charge on any atom is -0.311 e. The maximum atomic E-state index is 13.8. The first-order valence-electron chi connectivity index (χ1n) is 7.75. The van der Waals surface area contributed by atoms with Crippen LogP contribution in [0.3, 0.4) is 0 Å². The topological polar surface area (TPSA) is 46.0 Å². The number of nitrogens with one attached hydrogen (secondary N) is 1. The minimum atomic E-state index is -0.350. The molecule has 7 heteroatoms. The van der Waals surface area contributed by atoms with E-state index < -0.39 is 0 Å². The second kappa shape index (κ2) is 6.95. The summed E-state index contributed by atoms with van der Waals surface area (Å²) in [5.41, 5.74) is 2.03. The maximum absolute atomic E-state index is 13.8. The van der Waals surface area contributed by atoms with Crippen molar-refractivity contribution in [2.45, 2.75) is 19.0 Å². The molecule has 124 valence electrons. The summed E-state index contributed by atoms with van der Waals surface area (Å²) in [4.78, 5) is 2.28. The van der Waals surface area contributed by atoms with Crippen molar-refractivity contribution in [1.29, 1.82) is 0 Å². The zero-order chi connectivity index (χ0) is 16.4. The first-order chi connectivity index (χ1) is 11.1. The molecular weight excluding hydrogens is 317 g/mol. The van der Waals surface area contributed by atoms with Crippen molar-refractivity contribution in [2.24, 2.45) is 13.0 Å². The molecule has 0 bridgehead atoms. The molecule has 2 heterocycles. The highest BCUT2D eigenvalue weighted by Gasteiger charge is 2.33. The second-order valence-electron chi connectivity index (χ2n) is 6.13. The molecule has 2 atom stereocenters. The highest BCUT2D eigenvalue weighted by Crippen LogP contribution is 2.36. The van der Waals surface area contributed by atoms with Crippen LogP contribution in [-0.4, -0.2) is 40.0 Å². The number of nitrogens with zero attached hydrogens (tertiary/aromatic N) is 4. The Morgan fingerprint density at radius 3 is 2.91 bits per heavy atom. The summed E-state index contributed by atoms with van der Waals surface area (Å²) in [5.74, 6) is 0.0823. The van der Waals surface area contributed by atoms with Crippen molar-refractivity contribution >= 4 is 11.6 Å². The molecule has 0 aliphatic carbocycles. The van der Waals surface area contributed by atoms with E-state index in [0.717, 1.165) is 37.3 Å². The van der Waals surface area contributed by atoms with Gasteiger partial charge in [-0.25, -0.2) is 4.39 Å². The SMILES string of the molecule is CN1CC[C@@H](CNCc2cnnn2C)[C@@H]1c1ccc(Cl)c(F)c1. The summed E-state index contributed by atoms with van der Waals surface area (Å²) in [5, 5.41) is 11.4. The average Bonchev–Trinajstić information content (AvgIpc) is 3.09. The zero-order valence-corrected chi connectivity index (χ0v) is 14.1. The van der Waals surface area contributed by atoms with Gasteiger partial charge >= 0.3 is 0 Å². The third-order valence-corrected chi connectivity index (χ3v) is 4.89. The van der Waals surface area contributed by atoms with Crippen LogP contribution in [0, 0.1) is 11.7 Å². The fraction of sp³-hybridized carbons (Fsp3) is 0.500. The van der Waals surface area contributed by atoms with Gasteiger partial charge in [0.2, 0.25) is 0 Å². The van der Waals surface area contributed by atoms with Gasteiger partial charge in [0, 0.05) is 26.2 Å². The van der Waals surface area contributed by atoms with E-state index in [-0.39, 0.29) is 16.9 Å². The van der Waals surface area contributed by atoms with E-state index in [1.54, 1.807) is 23.0 Å². The third kappa shape index (κ3) is 3.54. The van der Waals surface area contributed by atoms with E-state index in [1.165, 1.54) is 0 Å². The van der Waals surface area contributed by atoms with E-state index in [0.29, 0.717) is 5.92 Å². The largest absolute Gasteiger partial charge is 0.311 e. The number of benzene rings is 1. The highest BCUT2D eigenvalue weighted by molar-refractivity contribution is 6.30. The first-order valence-corrected chi connectivity index (χ1v) is 8.13. The number of hydrogen-bond donors (Lipinski definition) is 1. The van der Waals surface area contributed by atoms with Gasteiger partial charge in [-0.05, 0) is 43.6 Å². The van der Waals surface area contributed by atoms with Gasteiger partial charge in [-0.2, -0.15) is 0 Å². The maximum Gasteiger partial charge on any atom is 0.142 e. The van der Waals surface area contributed by atoms with Crippen molar-refractivity contribution in [2.75, 3.05) is 20.1 Å². The fourth-order valence-corrected chi connectivity index (χ4v) is 3.44. The van der Waals surface area contributed by atoms with Crippen LogP contribution in [-0.2, 0) is 13.6 Å². The molecule has 0 radical (unpaired) electrons. The molecule has 2 aromatic rings. The van der Waals surface area contributed by atoms with E-state index in [9.17, 15) is 4.39 Å². The van der Waals surface area contributed by atoms with E-state index in [2.05, 4.69) is 27.6 Å². The Morgan fingerprint density at radius 1 is 1.39 bits per heavy atom. The highest BCUT2D eigenvalue weighted by atomic mass is 35.5. The first kappa shape index (κ1) is 16.4. The Kier molecular flexibility index (Phi) is 4.94. The molecule has 0 amide bonds. The molecule has 0 spiro atoms. The van der Waals surface area contributed by atoms with Crippen LogP contribution >= 0.6 is 11.6 Å². The molecule has 1 fully saturated rings. The van der Waals surface area contributed by atoms with Crippen molar-refractivity contribution in [3.05, 3.63) is 46.5 Å². The van der Waals surface area contributed by atoms with Gasteiger partial charge in [-0.3, -0.25) is 9.58 Å². The molecule has 1 aliphatic rings. The predicted molar refractivity (Wildman–Crippen MR) is 87.6 cm³/mol. The predicted octanol–water partition coefficient (Wildman–Crippen LogP) is 2.39. The standard InChI is InChI=1S/C16H21ClFN5/c1-22-6-5-12(8-19-9-13-10-20-21-23(13)2)16(22)11-3-4-14(17)15(18)7-11/h3-4,7,10,12,16,19H,5-6,8-9H2,1-2H3/t12-,16-/m0/s1. The normalized spacial score (nSPS) is 21.9. The number of rotatable bonds is 5. The van der Waals surface area contributed by atoms with Gasteiger partial charge < -0.3 is 5.32 Å². The van der Waals surface area contributed by atoms with Crippen LogP contribution in [0.2, 0.25) is 5.02 Å². The van der Waals surface area contributed by atoms with E-state index >= 15 is 0 Å². The quantitative estimate of drug-likeness (QED) is 0.910. The van der Waals surface area contributed by atoms with Crippen LogP contribution < -0.4 is 5.32 Å². The molecule has 1 aromatic heterocycles. The van der Waals surface area contributed by atoms with Crippen LogP contribution in [0.1, 0.15) is 23.7 Å². The lowest BCUT2D eigenvalue weighted by molar-refractivity contribution is 0.271. The number of halogens is 2. The average molecular weight is 338 g/mol. The lowest BCUT2D eigenvalue weighted by atomic mass is 9.93. The van der Waals surface area contributed by atoms with Crippen molar-refractivity contribution in [1.82, 2.24) is 25.2 Å². The lowest BCUT2D eigenvalue weighted by Crippen LogP contribution is -2.28. The Bertz CT molecular complexity index is 674. The van der Waals surface area contributed by atoms with Crippen LogP contribution in [0.25, 0.3) is 0 Å². The van der Waals surface area contributed by atoms with Gasteiger partial charge in [0.15, 0.2) is 0 Å². The number of hydrogen-bond acceptors (Lipinski definition) is 4. The summed E-state index contributed by atoms with van der Waals surface area (Å²) >= 11 is 5.80. The summed E-state index contributed by atoms with van der Waals surface area (Å²) in [6.45, 7) is 2.60. The van der Waals surface area contributed by atoms with Crippen LogP contribution in [0.15, 0.2) is 24.4 Å². The fourth-order valence-electron chi connectivity index (χ4n) is 3.32. The number of aryl methyl sites for hydroxylation is 1. The smallest absolute Gasteiger partial charge is 0.142 e. The molecule has 3 rings (SSSR count). The number of aromatic nitrogens is 3. The Labute approximate surface area is 140 Å². The molecule has 0 unspecified atom stereocenters. The summed E-state index contributed by atoms with van der Waals surface area (Å²) < 4.78 is 15.6. The molecule has 1 aliphatic heterocycles. The second-order valence-corrected chi connectivity index (χ2v) is 6.53. The third-order valence-electron chi connectivity index (χ3n) is 4.58. The van der Waals surface area contributed by atoms with Gasteiger partial charge in [0.05, 0.1) is 16.9 Å². The molecule has 1 aromatic carbocycles. The van der Waals surface area contributed by atoms with E-state index in [1.807, 2.05) is 13.1 Å². The van der Waals surface area contributed by atoms with Gasteiger partial charge in [-0.15, -0.1) is 5.10 Å². The lowest BCUT2D eigenvalue weighted by Gasteiger charge is -2.26. The molecular formula is C16H21ClFN5. The molecule has 23 heavy (non-hydrogen) atoms. The van der Waals surface area contributed by atoms with Crippen molar-refractivity contribution < 1.29 is 4.39 Å². The zero-order valence-electron chi connectivity index (χ0n) is 13.3. The molecule has 1 saturated heterocycles. The molecule has 1 N–H and O–H groups in total. The molecule has 5 nitrogen and oxygen atoms in total. The Hall–Kier alpha value is -1.50.